The van der Waals surface area contributed by atoms with Crippen LogP contribution in [0.1, 0.15) is 44.9 Å². The molecular weight excluding hydrogens is 506 g/mol. The van der Waals surface area contributed by atoms with Crippen LogP contribution in [-0.4, -0.2) is 14.1 Å². The van der Waals surface area contributed by atoms with Crippen LogP contribution < -0.4 is 4.90 Å². The van der Waals surface area contributed by atoms with Crippen molar-refractivity contribution in [3.63, 3.8) is 0 Å². The highest BCUT2D eigenvalue weighted by Gasteiger charge is 2.55. The van der Waals surface area contributed by atoms with Crippen molar-refractivity contribution < 1.29 is 0 Å². The van der Waals surface area contributed by atoms with Crippen LogP contribution in [0.2, 0.25) is 0 Å². The minimum absolute atomic E-state index is 0.105. The molecule has 0 saturated heterocycles. The lowest BCUT2D eigenvalue weighted by Gasteiger charge is -2.49. The number of hydrogen-bond donors (Lipinski definition) is 0. The van der Waals surface area contributed by atoms with Gasteiger partial charge in [-0.05, 0) is 74.4 Å². The van der Waals surface area contributed by atoms with Gasteiger partial charge in [-0.3, -0.25) is 0 Å². The lowest BCUT2D eigenvalue weighted by Crippen LogP contribution is -2.37. The summed E-state index contributed by atoms with van der Waals surface area (Å²) in [6.07, 6.45) is 4.06. The predicted octanol–water partition coefficient (Wildman–Crippen LogP) is 8.13. The molecule has 8 rings (SSSR count). The second kappa shape index (κ2) is 9.16. The van der Waals surface area contributed by atoms with Crippen LogP contribution in [0.5, 0.6) is 0 Å². The zero-order valence-electron chi connectivity index (χ0n) is 22.2. The van der Waals surface area contributed by atoms with Crippen LogP contribution in [0.4, 0.5) is 5.69 Å². The SMILES string of the molecule is CN(C)c1ccc(C2=CC3=C(c4ccc(C=C(C#N)C#N)cc4)C4c5ccccc5C3(S2)c2ccccc24)cc1. The van der Waals surface area contributed by atoms with Crippen LogP contribution in [-0.2, 0) is 4.75 Å². The van der Waals surface area contributed by atoms with Gasteiger partial charge in [0.15, 0.2) is 0 Å². The number of benzene rings is 4. The van der Waals surface area contributed by atoms with Gasteiger partial charge in [-0.25, -0.2) is 0 Å². The third-order valence-corrected chi connectivity index (χ3v) is 9.78. The van der Waals surface area contributed by atoms with Gasteiger partial charge in [0.05, 0.1) is 4.75 Å². The maximum atomic E-state index is 9.21. The standard InChI is InChI=1S/C36H25N3S/c1-39(2)27-17-15-25(16-18-27)33-20-32-34(26-13-11-23(12-14-26)19-24(21-37)22-38)35-28-7-3-5-9-30(28)36(32,40-33)31-10-6-4-8-29(31)35/h3-20,35H,1-2H3. The predicted molar refractivity (Wildman–Crippen MR) is 164 cm³/mol. The first-order valence-electron chi connectivity index (χ1n) is 13.3. The molecule has 1 heterocycles. The summed E-state index contributed by atoms with van der Waals surface area (Å²) in [5, 5.41) is 18.4. The zero-order chi connectivity index (χ0) is 27.4. The van der Waals surface area contributed by atoms with Crippen LogP contribution >= 0.6 is 11.8 Å². The van der Waals surface area contributed by atoms with E-state index in [-0.39, 0.29) is 16.2 Å². The number of thioether (sulfide) groups is 1. The van der Waals surface area contributed by atoms with E-state index in [2.05, 4.69) is 110 Å². The number of hydrogen-bond acceptors (Lipinski definition) is 4. The molecule has 0 amide bonds. The molecule has 190 valence electrons. The Balaban J connectivity index is 1.46. The van der Waals surface area contributed by atoms with E-state index < -0.39 is 0 Å². The van der Waals surface area contributed by atoms with Gasteiger partial charge >= 0.3 is 0 Å². The molecule has 0 unspecified atom stereocenters. The Morgan fingerprint density at radius 3 is 1.93 bits per heavy atom. The van der Waals surface area contributed by atoms with E-state index in [1.165, 1.54) is 55.1 Å². The smallest absolute Gasteiger partial charge is 0.130 e. The van der Waals surface area contributed by atoms with Crippen molar-refractivity contribution in [3.8, 4) is 12.1 Å². The zero-order valence-corrected chi connectivity index (χ0v) is 23.0. The summed E-state index contributed by atoms with van der Waals surface area (Å²) in [5.41, 5.74) is 12.7. The summed E-state index contributed by atoms with van der Waals surface area (Å²) < 4.78 is -0.319. The summed E-state index contributed by atoms with van der Waals surface area (Å²) in [6.45, 7) is 0. The Hall–Kier alpha value is -4.77. The second-order valence-electron chi connectivity index (χ2n) is 10.6. The van der Waals surface area contributed by atoms with Gasteiger partial charge in [-0.15, -0.1) is 11.8 Å². The van der Waals surface area contributed by atoms with Crippen molar-refractivity contribution in [1.82, 2.24) is 0 Å². The molecule has 0 saturated carbocycles. The number of nitriles is 2. The highest BCUT2D eigenvalue weighted by Crippen LogP contribution is 2.70. The number of nitrogens with zero attached hydrogens (tertiary/aromatic N) is 3. The van der Waals surface area contributed by atoms with E-state index in [9.17, 15) is 10.5 Å². The van der Waals surface area contributed by atoms with Crippen LogP contribution in [0, 0.1) is 22.7 Å². The molecule has 0 fully saturated rings. The molecule has 3 aliphatic carbocycles. The molecule has 1 spiro atoms. The van der Waals surface area contributed by atoms with E-state index in [4.69, 9.17) is 0 Å². The first kappa shape index (κ1) is 24.3. The van der Waals surface area contributed by atoms with E-state index in [0.29, 0.717) is 0 Å². The van der Waals surface area contributed by atoms with Gasteiger partial charge in [0.2, 0.25) is 0 Å². The van der Waals surface area contributed by atoms with Gasteiger partial charge in [0, 0.05) is 30.6 Å². The average molecular weight is 532 g/mol. The van der Waals surface area contributed by atoms with Crippen molar-refractivity contribution in [2.75, 3.05) is 19.0 Å². The topological polar surface area (TPSA) is 50.8 Å². The maximum absolute atomic E-state index is 9.21. The fourth-order valence-corrected chi connectivity index (χ4v) is 8.10. The molecular formula is C36H25N3S. The third-order valence-electron chi connectivity index (χ3n) is 8.24. The van der Waals surface area contributed by atoms with Crippen LogP contribution in [0.25, 0.3) is 16.6 Å². The Morgan fingerprint density at radius 2 is 1.35 bits per heavy atom. The fraction of sp³-hybridized carbons (Fsp3) is 0.111. The van der Waals surface area contributed by atoms with Crippen molar-refractivity contribution in [2.45, 2.75) is 10.7 Å². The molecule has 40 heavy (non-hydrogen) atoms. The molecule has 0 aromatic heterocycles. The van der Waals surface area contributed by atoms with E-state index >= 15 is 0 Å². The molecule has 0 N–H and O–H groups in total. The number of anilines is 1. The van der Waals surface area contributed by atoms with Crippen molar-refractivity contribution >= 4 is 34.0 Å². The number of rotatable bonds is 4. The molecule has 3 nitrogen and oxygen atoms in total. The summed E-state index contributed by atoms with van der Waals surface area (Å²) in [6, 6.07) is 38.9. The molecule has 2 bridgehead atoms. The maximum Gasteiger partial charge on any atom is 0.130 e. The number of allylic oxidation sites excluding steroid dienone is 3. The average Bonchev–Trinajstić information content (AvgIpc) is 3.42. The monoisotopic (exact) mass is 531 g/mol. The molecule has 4 aromatic rings. The quantitative estimate of drug-likeness (QED) is 0.250. The van der Waals surface area contributed by atoms with Gasteiger partial charge in [-0.1, -0.05) is 84.9 Å². The van der Waals surface area contributed by atoms with Crippen LogP contribution in [0.3, 0.4) is 0 Å². The summed E-state index contributed by atoms with van der Waals surface area (Å²) in [4.78, 5) is 3.40. The molecule has 4 aromatic carbocycles. The van der Waals surface area contributed by atoms with Gasteiger partial charge in [-0.2, -0.15) is 10.5 Å². The molecule has 4 aliphatic rings. The lowest BCUT2D eigenvalue weighted by molar-refractivity contribution is 0.761. The summed E-state index contributed by atoms with van der Waals surface area (Å²) in [7, 11) is 4.14. The fourth-order valence-electron chi connectivity index (χ4n) is 6.47. The molecule has 0 atom stereocenters. The molecule has 0 radical (unpaired) electrons. The Labute approximate surface area is 239 Å². The van der Waals surface area contributed by atoms with Crippen molar-refractivity contribution in [1.29, 1.82) is 10.5 Å². The largest absolute Gasteiger partial charge is 0.378 e. The first-order valence-corrected chi connectivity index (χ1v) is 14.1. The van der Waals surface area contributed by atoms with Crippen molar-refractivity contribution in [2.24, 2.45) is 0 Å². The van der Waals surface area contributed by atoms with Gasteiger partial charge in [0.25, 0.3) is 0 Å². The van der Waals surface area contributed by atoms with E-state index in [0.717, 1.165) is 5.56 Å². The highest BCUT2D eigenvalue weighted by molar-refractivity contribution is 8.10. The Bertz CT molecular complexity index is 1800. The Kier molecular flexibility index (Phi) is 5.56. The van der Waals surface area contributed by atoms with E-state index in [1.807, 2.05) is 36.0 Å². The minimum atomic E-state index is -0.319. The lowest BCUT2D eigenvalue weighted by atomic mass is 9.59. The molecule has 1 aliphatic heterocycles. The minimum Gasteiger partial charge on any atom is -0.378 e. The first-order chi connectivity index (χ1) is 19.5. The van der Waals surface area contributed by atoms with E-state index in [1.54, 1.807) is 6.08 Å². The second-order valence-corrected chi connectivity index (χ2v) is 11.8. The summed E-state index contributed by atoms with van der Waals surface area (Å²) in [5.74, 6) is 0.131. The highest BCUT2D eigenvalue weighted by atomic mass is 32.2. The van der Waals surface area contributed by atoms with Crippen LogP contribution in [0.15, 0.2) is 114 Å². The molecule has 4 heteroatoms. The third kappa shape index (κ3) is 3.44. The van der Waals surface area contributed by atoms with Gasteiger partial charge in [0.1, 0.15) is 17.7 Å². The summed E-state index contributed by atoms with van der Waals surface area (Å²) >= 11 is 1.96. The normalized spacial score (nSPS) is 19.5. The van der Waals surface area contributed by atoms with Gasteiger partial charge < -0.3 is 4.90 Å². The van der Waals surface area contributed by atoms with Crippen molar-refractivity contribution in [3.05, 3.63) is 153 Å². The Morgan fingerprint density at radius 1 is 0.775 bits per heavy atom.